The molecule has 0 rings (SSSR count). The van der Waals surface area contributed by atoms with Crippen LogP contribution in [0.3, 0.4) is 0 Å². The van der Waals surface area contributed by atoms with Crippen molar-refractivity contribution < 1.29 is 19.1 Å². The van der Waals surface area contributed by atoms with Gasteiger partial charge in [0, 0.05) is 12.8 Å². The molecule has 0 spiro atoms. The van der Waals surface area contributed by atoms with Crippen molar-refractivity contribution in [2.45, 2.75) is 104 Å². The quantitative estimate of drug-likeness (QED) is 0.256. The van der Waals surface area contributed by atoms with E-state index in [1.807, 2.05) is 6.92 Å². The molecule has 0 unspecified atom stereocenters. The molecule has 0 aromatic carbocycles. The average Bonchev–Trinajstić information content (AvgIpc) is 2.56. The lowest BCUT2D eigenvalue weighted by atomic mass is 10.1. The van der Waals surface area contributed by atoms with Crippen LogP contribution >= 0.6 is 0 Å². The van der Waals surface area contributed by atoms with Gasteiger partial charge in [0.1, 0.15) is 0 Å². The summed E-state index contributed by atoms with van der Waals surface area (Å²) in [5, 5.41) is 0. The summed E-state index contributed by atoms with van der Waals surface area (Å²) in [5.74, 6) is -0.130. The van der Waals surface area contributed by atoms with Gasteiger partial charge >= 0.3 is 11.9 Å². The molecule has 0 fully saturated rings. The number of carbonyl (C=O) groups excluding carboxylic acids is 2. The lowest BCUT2D eigenvalue weighted by Crippen LogP contribution is -2.05. The summed E-state index contributed by atoms with van der Waals surface area (Å²) in [6.07, 6.45) is 14.5. The van der Waals surface area contributed by atoms with Crippen LogP contribution in [0.1, 0.15) is 104 Å². The fourth-order valence-electron chi connectivity index (χ4n) is 2.62. The topological polar surface area (TPSA) is 52.6 Å². The van der Waals surface area contributed by atoms with Gasteiger partial charge in [-0.1, -0.05) is 64.7 Å². The summed E-state index contributed by atoms with van der Waals surface area (Å²) in [4.78, 5) is 22.7. The zero-order valence-electron chi connectivity index (χ0n) is 15.9. The van der Waals surface area contributed by atoms with Gasteiger partial charge < -0.3 is 9.47 Å². The van der Waals surface area contributed by atoms with Gasteiger partial charge in [-0.15, -0.1) is 0 Å². The van der Waals surface area contributed by atoms with Gasteiger partial charge in [0.25, 0.3) is 0 Å². The maximum absolute atomic E-state index is 11.6. The van der Waals surface area contributed by atoms with E-state index in [2.05, 4.69) is 6.92 Å². The molecule has 0 aromatic rings. The standard InChI is InChI=1S/C20H38O4/c1-3-5-6-7-10-14-17-20(22)24-18-15-12-9-8-11-13-16-19(21)23-4-2/h3-18H2,1-2H3. The molecule has 0 bridgehead atoms. The highest BCUT2D eigenvalue weighted by atomic mass is 16.5. The van der Waals surface area contributed by atoms with Crippen molar-refractivity contribution in [3.63, 3.8) is 0 Å². The molecule has 142 valence electrons. The Bertz CT molecular complexity index is 302. The Morgan fingerprint density at radius 1 is 0.583 bits per heavy atom. The highest BCUT2D eigenvalue weighted by molar-refractivity contribution is 5.69. The number of rotatable bonds is 17. The Balaban J connectivity index is 3.20. The van der Waals surface area contributed by atoms with Crippen molar-refractivity contribution in [1.29, 1.82) is 0 Å². The van der Waals surface area contributed by atoms with E-state index in [1.165, 1.54) is 25.7 Å². The largest absolute Gasteiger partial charge is 0.466 e. The Hall–Kier alpha value is -1.06. The predicted molar refractivity (Wildman–Crippen MR) is 97.9 cm³/mol. The number of carbonyl (C=O) groups is 2. The zero-order chi connectivity index (χ0) is 17.9. The van der Waals surface area contributed by atoms with Gasteiger partial charge in [0.15, 0.2) is 0 Å². The van der Waals surface area contributed by atoms with Crippen LogP contribution in [0.25, 0.3) is 0 Å². The van der Waals surface area contributed by atoms with Crippen LogP contribution in [0.15, 0.2) is 0 Å². The predicted octanol–water partition coefficient (Wildman–Crippen LogP) is 5.57. The smallest absolute Gasteiger partial charge is 0.305 e. The molecule has 0 amide bonds. The highest BCUT2D eigenvalue weighted by Crippen LogP contribution is 2.09. The van der Waals surface area contributed by atoms with Gasteiger partial charge in [0.2, 0.25) is 0 Å². The van der Waals surface area contributed by atoms with E-state index in [0.29, 0.717) is 26.1 Å². The van der Waals surface area contributed by atoms with Crippen LogP contribution in [-0.4, -0.2) is 25.2 Å². The molecule has 0 N–H and O–H groups in total. The minimum absolute atomic E-state index is 0.0417. The summed E-state index contributed by atoms with van der Waals surface area (Å²) in [5.41, 5.74) is 0. The van der Waals surface area contributed by atoms with Crippen molar-refractivity contribution in [1.82, 2.24) is 0 Å². The van der Waals surface area contributed by atoms with E-state index < -0.39 is 0 Å². The highest BCUT2D eigenvalue weighted by Gasteiger charge is 2.03. The first-order valence-corrected chi connectivity index (χ1v) is 10.0. The van der Waals surface area contributed by atoms with Crippen molar-refractivity contribution in [3.05, 3.63) is 0 Å². The first kappa shape index (κ1) is 22.9. The molecular formula is C20H38O4. The fourth-order valence-corrected chi connectivity index (χ4v) is 2.62. The van der Waals surface area contributed by atoms with E-state index in [9.17, 15) is 9.59 Å². The summed E-state index contributed by atoms with van der Waals surface area (Å²) in [6, 6.07) is 0. The van der Waals surface area contributed by atoms with E-state index in [-0.39, 0.29) is 11.9 Å². The van der Waals surface area contributed by atoms with Crippen molar-refractivity contribution >= 4 is 11.9 Å². The second-order valence-corrected chi connectivity index (χ2v) is 6.41. The number of esters is 2. The van der Waals surface area contributed by atoms with Crippen LogP contribution in [0.5, 0.6) is 0 Å². The molecule has 0 heterocycles. The summed E-state index contributed by atoms with van der Waals surface area (Å²) < 4.78 is 10.1. The van der Waals surface area contributed by atoms with E-state index in [1.54, 1.807) is 0 Å². The Morgan fingerprint density at radius 3 is 1.58 bits per heavy atom. The lowest BCUT2D eigenvalue weighted by molar-refractivity contribution is -0.144. The minimum Gasteiger partial charge on any atom is -0.466 e. The monoisotopic (exact) mass is 342 g/mol. The Kier molecular flexibility index (Phi) is 17.5. The summed E-state index contributed by atoms with van der Waals surface area (Å²) >= 11 is 0. The van der Waals surface area contributed by atoms with E-state index in [4.69, 9.17) is 9.47 Å². The molecule has 0 saturated carbocycles. The fraction of sp³-hybridized carbons (Fsp3) is 0.900. The molecule has 24 heavy (non-hydrogen) atoms. The zero-order valence-corrected chi connectivity index (χ0v) is 15.9. The second-order valence-electron chi connectivity index (χ2n) is 6.41. The van der Waals surface area contributed by atoms with Crippen LogP contribution < -0.4 is 0 Å². The number of unbranched alkanes of at least 4 members (excludes halogenated alkanes) is 10. The van der Waals surface area contributed by atoms with Gasteiger partial charge in [-0.05, 0) is 26.2 Å². The van der Waals surface area contributed by atoms with Gasteiger partial charge in [0.05, 0.1) is 13.2 Å². The third-order valence-corrected chi connectivity index (χ3v) is 4.08. The number of ether oxygens (including phenoxy) is 2. The van der Waals surface area contributed by atoms with Crippen LogP contribution in [0.2, 0.25) is 0 Å². The molecular weight excluding hydrogens is 304 g/mol. The molecule has 0 aromatic heterocycles. The van der Waals surface area contributed by atoms with Crippen LogP contribution in [-0.2, 0) is 19.1 Å². The van der Waals surface area contributed by atoms with Crippen molar-refractivity contribution in [2.75, 3.05) is 13.2 Å². The van der Waals surface area contributed by atoms with Gasteiger partial charge in [-0.25, -0.2) is 0 Å². The molecule has 0 aliphatic rings. The summed E-state index contributed by atoms with van der Waals surface area (Å²) in [6.45, 7) is 5.06. The molecule has 0 atom stereocenters. The molecule has 0 aliphatic heterocycles. The third-order valence-electron chi connectivity index (χ3n) is 4.08. The second kappa shape index (κ2) is 18.3. The van der Waals surface area contributed by atoms with Gasteiger partial charge in [-0.3, -0.25) is 9.59 Å². The molecule has 4 heteroatoms. The summed E-state index contributed by atoms with van der Waals surface area (Å²) in [7, 11) is 0. The number of hydrogen-bond donors (Lipinski definition) is 0. The van der Waals surface area contributed by atoms with Gasteiger partial charge in [-0.2, -0.15) is 0 Å². The van der Waals surface area contributed by atoms with Crippen LogP contribution in [0, 0.1) is 0 Å². The SMILES string of the molecule is CCCCCCCCC(=O)OCCCCCCCCC(=O)OCC. The maximum Gasteiger partial charge on any atom is 0.305 e. The van der Waals surface area contributed by atoms with Crippen molar-refractivity contribution in [3.8, 4) is 0 Å². The first-order valence-electron chi connectivity index (χ1n) is 10.0. The van der Waals surface area contributed by atoms with Crippen LogP contribution in [0.4, 0.5) is 0 Å². The average molecular weight is 343 g/mol. The van der Waals surface area contributed by atoms with E-state index in [0.717, 1.165) is 51.4 Å². The number of hydrogen-bond acceptors (Lipinski definition) is 4. The van der Waals surface area contributed by atoms with E-state index >= 15 is 0 Å². The Morgan fingerprint density at radius 2 is 1.04 bits per heavy atom. The normalized spacial score (nSPS) is 10.6. The minimum atomic E-state index is -0.0882. The lowest BCUT2D eigenvalue weighted by Gasteiger charge is -2.05. The molecule has 4 nitrogen and oxygen atoms in total. The third kappa shape index (κ3) is 17.3. The first-order chi connectivity index (χ1) is 11.7. The molecule has 0 saturated heterocycles. The molecule has 0 radical (unpaired) electrons. The van der Waals surface area contributed by atoms with Crippen molar-refractivity contribution in [2.24, 2.45) is 0 Å². The Labute approximate surface area is 148 Å². The maximum atomic E-state index is 11.6. The molecule has 0 aliphatic carbocycles.